The van der Waals surface area contributed by atoms with E-state index in [1.165, 1.54) is 0 Å². The van der Waals surface area contributed by atoms with Crippen LogP contribution in [0, 0.1) is 24.2 Å². The maximum Gasteiger partial charge on any atom is 0.268 e. The normalized spacial score (nSPS) is 18.9. The molecule has 0 bridgehead atoms. The van der Waals surface area contributed by atoms with Gasteiger partial charge in [-0.05, 0) is 49.6 Å². The van der Waals surface area contributed by atoms with Gasteiger partial charge >= 0.3 is 0 Å². The van der Waals surface area contributed by atoms with Gasteiger partial charge in [0.25, 0.3) is 5.91 Å². The second kappa shape index (κ2) is 9.86. The molecular weight excluding hydrogens is 414 g/mol. The number of nitrogens with zero attached hydrogens (tertiary/aromatic N) is 3. The minimum absolute atomic E-state index is 0.172. The summed E-state index contributed by atoms with van der Waals surface area (Å²) in [6.07, 6.45) is 5.46. The van der Waals surface area contributed by atoms with Gasteiger partial charge in [-0.3, -0.25) is 14.6 Å². The molecule has 33 heavy (non-hydrogen) atoms. The minimum atomic E-state index is -0.629. The number of benzene rings is 1. The standard InChI is InChI=1S/C26H29N5O2/c1-17-13-18(11-12-28-17)14-20(16-27)29-25(32)21-8-4-5-9-22(21)30-26(33)24-15-19-7-3-6-10-23(19)31(24)2/h3,6-7,10-13,15,20-22H,4-5,8-9,14H2,1-2H3,(H,29,32)(H,30,33). The fourth-order valence-electron chi connectivity index (χ4n) is 4.74. The van der Waals surface area contributed by atoms with Crippen molar-refractivity contribution in [2.75, 3.05) is 0 Å². The third-order valence-electron chi connectivity index (χ3n) is 6.48. The maximum atomic E-state index is 13.1. The van der Waals surface area contributed by atoms with Gasteiger partial charge < -0.3 is 15.2 Å². The number of nitrogens with one attached hydrogen (secondary N) is 2. The van der Waals surface area contributed by atoms with E-state index < -0.39 is 6.04 Å². The molecule has 4 rings (SSSR count). The van der Waals surface area contributed by atoms with Gasteiger partial charge in [0.05, 0.1) is 12.0 Å². The fourth-order valence-corrected chi connectivity index (χ4v) is 4.74. The largest absolute Gasteiger partial charge is 0.347 e. The number of nitriles is 1. The highest BCUT2D eigenvalue weighted by Gasteiger charge is 2.33. The van der Waals surface area contributed by atoms with Crippen molar-refractivity contribution in [1.82, 2.24) is 20.2 Å². The predicted octanol–water partition coefficient (Wildman–Crippen LogP) is 3.42. The first-order chi connectivity index (χ1) is 16.0. The van der Waals surface area contributed by atoms with Crippen LogP contribution in [-0.2, 0) is 18.3 Å². The predicted molar refractivity (Wildman–Crippen MR) is 126 cm³/mol. The topological polar surface area (TPSA) is 99.8 Å². The molecule has 2 aromatic heterocycles. The molecule has 1 aliphatic rings. The maximum absolute atomic E-state index is 13.1. The number of hydrogen-bond acceptors (Lipinski definition) is 4. The van der Waals surface area contributed by atoms with E-state index in [0.717, 1.165) is 41.4 Å². The summed E-state index contributed by atoms with van der Waals surface area (Å²) < 4.78 is 1.88. The summed E-state index contributed by atoms with van der Waals surface area (Å²) in [5, 5.41) is 16.6. The quantitative estimate of drug-likeness (QED) is 0.610. The molecular formula is C26H29N5O2. The van der Waals surface area contributed by atoms with Gasteiger partial charge in [0.2, 0.25) is 5.91 Å². The van der Waals surface area contributed by atoms with Crippen molar-refractivity contribution < 1.29 is 9.59 Å². The summed E-state index contributed by atoms with van der Waals surface area (Å²) in [7, 11) is 1.88. The van der Waals surface area contributed by atoms with Gasteiger partial charge in [-0.1, -0.05) is 31.0 Å². The van der Waals surface area contributed by atoms with Crippen molar-refractivity contribution in [2.45, 2.75) is 51.1 Å². The van der Waals surface area contributed by atoms with E-state index in [9.17, 15) is 14.9 Å². The lowest BCUT2D eigenvalue weighted by Crippen LogP contribution is -2.50. The second-order valence-corrected chi connectivity index (χ2v) is 8.82. The van der Waals surface area contributed by atoms with Gasteiger partial charge in [-0.25, -0.2) is 0 Å². The molecule has 2 amide bonds. The Morgan fingerprint density at radius 2 is 2.00 bits per heavy atom. The lowest BCUT2D eigenvalue weighted by molar-refractivity contribution is -0.127. The van der Waals surface area contributed by atoms with Crippen LogP contribution in [0.15, 0.2) is 48.7 Å². The summed E-state index contributed by atoms with van der Waals surface area (Å²) in [6.45, 7) is 1.90. The third-order valence-corrected chi connectivity index (χ3v) is 6.48. The van der Waals surface area contributed by atoms with Crippen molar-refractivity contribution in [3.05, 3.63) is 65.6 Å². The molecule has 1 aliphatic carbocycles. The Labute approximate surface area is 193 Å². The number of fused-ring (bicyclic) bond motifs is 1. The highest BCUT2D eigenvalue weighted by Crippen LogP contribution is 2.26. The Morgan fingerprint density at radius 3 is 2.76 bits per heavy atom. The summed E-state index contributed by atoms with van der Waals surface area (Å²) in [5.74, 6) is -0.704. The Balaban J connectivity index is 1.44. The molecule has 0 aliphatic heterocycles. The van der Waals surface area contributed by atoms with E-state index in [4.69, 9.17) is 0 Å². The molecule has 0 radical (unpaired) electrons. The van der Waals surface area contributed by atoms with E-state index in [1.54, 1.807) is 6.20 Å². The van der Waals surface area contributed by atoms with Crippen LogP contribution in [0.4, 0.5) is 0 Å². The number of amides is 2. The number of aryl methyl sites for hydroxylation is 2. The van der Waals surface area contributed by atoms with Crippen LogP contribution >= 0.6 is 0 Å². The van der Waals surface area contributed by atoms with Crippen molar-refractivity contribution in [3.63, 3.8) is 0 Å². The van der Waals surface area contributed by atoms with Crippen molar-refractivity contribution in [2.24, 2.45) is 13.0 Å². The minimum Gasteiger partial charge on any atom is -0.347 e. The number of para-hydroxylation sites is 1. The van der Waals surface area contributed by atoms with Gasteiger partial charge in [0.1, 0.15) is 11.7 Å². The first-order valence-corrected chi connectivity index (χ1v) is 11.4. The first kappa shape index (κ1) is 22.5. The second-order valence-electron chi connectivity index (χ2n) is 8.82. The van der Waals surface area contributed by atoms with E-state index >= 15 is 0 Å². The Bertz CT molecular complexity index is 1210. The van der Waals surface area contributed by atoms with Crippen LogP contribution in [0.3, 0.4) is 0 Å². The number of carbonyl (C=O) groups excluding carboxylic acids is 2. The van der Waals surface area contributed by atoms with Gasteiger partial charge in [-0.15, -0.1) is 0 Å². The lowest BCUT2D eigenvalue weighted by Gasteiger charge is -2.31. The number of carbonyl (C=O) groups is 2. The fraction of sp³-hybridized carbons (Fsp3) is 0.385. The SMILES string of the molecule is Cc1cc(CC(C#N)NC(=O)C2CCCCC2NC(=O)c2cc3ccccc3n2C)ccn1. The molecule has 1 saturated carbocycles. The van der Waals surface area contributed by atoms with Gasteiger partial charge in [0.15, 0.2) is 0 Å². The lowest BCUT2D eigenvalue weighted by atomic mass is 9.83. The summed E-state index contributed by atoms with van der Waals surface area (Å²) in [4.78, 5) is 30.4. The third kappa shape index (κ3) is 5.06. The average Bonchev–Trinajstić information content (AvgIpc) is 3.15. The number of rotatable bonds is 6. The van der Waals surface area contributed by atoms with Crippen molar-refractivity contribution in [1.29, 1.82) is 5.26 Å². The first-order valence-electron chi connectivity index (χ1n) is 11.4. The number of aromatic nitrogens is 2. The molecule has 3 unspecified atom stereocenters. The van der Waals surface area contributed by atoms with E-state index in [0.29, 0.717) is 18.5 Å². The van der Waals surface area contributed by atoms with E-state index in [1.807, 2.05) is 61.0 Å². The molecule has 0 spiro atoms. The van der Waals surface area contributed by atoms with Crippen LogP contribution in [0.25, 0.3) is 10.9 Å². The van der Waals surface area contributed by atoms with Crippen LogP contribution in [0.1, 0.15) is 47.4 Å². The molecule has 1 fully saturated rings. The monoisotopic (exact) mass is 443 g/mol. The van der Waals surface area contributed by atoms with Gasteiger partial charge in [-0.2, -0.15) is 5.26 Å². The van der Waals surface area contributed by atoms with Crippen molar-refractivity contribution >= 4 is 22.7 Å². The molecule has 2 N–H and O–H groups in total. The van der Waals surface area contributed by atoms with E-state index in [2.05, 4.69) is 21.7 Å². The molecule has 1 aromatic carbocycles. The number of hydrogen-bond donors (Lipinski definition) is 2. The van der Waals surface area contributed by atoms with Crippen molar-refractivity contribution in [3.8, 4) is 6.07 Å². The van der Waals surface area contributed by atoms with E-state index in [-0.39, 0.29) is 23.8 Å². The smallest absolute Gasteiger partial charge is 0.268 e. The Morgan fingerprint density at radius 1 is 1.21 bits per heavy atom. The zero-order chi connectivity index (χ0) is 23.4. The number of pyridine rings is 1. The molecule has 7 heteroatoms. The van der Waals surface area contributed by atoms with Crippen LogP contribution in [0.5, 0.6) is 0 Å². The molecule has 170 valence electrons. The van der Waals surface area contributed by atoms with Crippen LogP contribution in [0.2, 0.25) is 0 Å². The molecule has 7 nitrogen and oxygen atoms in total. The Kier molecular flexibility index (Phi) is 6.74. The highest BCUT2D eigenvalue weighted by atomic mass is 16.2. The summed E-state index contributed by atoms with van der Waals surface area (Å²) >= 11 is 0. The van der Waals surface area contributed by atoms with Crippen LogP contribution < -0.4 is 10.6 Å². The Hall–Kier alpha value is -3.66. The zero-order valence-electron chi connectivity index (χ0n) is 19.0. The van der Waals surface area contributed by atoms with Crippen LogP contribution in [-0.4, -0.2) is 33.4 Å². The molecule has 2 heterocycles. The molecule has 3 aromatic rings. The zero-order valence-corrected chi connectivity index (χ0v) is 19.0. The molecule has 0 saturated heterocycles. The highest BCUT2D eigenvalue weighted by molar-refractivity contribution is 5.99. The molecule has 3 atom stereocenters. The summed E-state index contributed by atoms with van der Waals surface area (Å²) in [6, 6.07) is 14.8. The average molecular weight is 444 g/mol. The summed E-state index contributed by atoms with van der Waals surface area (Å²) in [5.41, 5.74) is 3.39. The van der Waals surface area contributed by atoms with Gasteiger partial charge in [0, 0.05) is 42.3 Å².